The Labute approximate surface area is 125 Å². The lowest BCUT2D eigenvalue weighted by atomic mass is 10.1. The topological polar surface area (TPSA) is 25.2 Å². The van der Waals surface area contributed by atoms with Crippen molar-refractivity contribution in [2.75, 3.05) is 7.05 Å². The normalized spacial score (nSPS) is 12.7. The third-order valence-corrected chi connectivity index (χ3v) is 3.90. The second kappa shape index (κ2) is 6.07. The number of hydrogen-bond donors (Lipinski definition) is 1. The van der Waals surface area contributed by atoms with Crippen molar-refractivity contribution < 1.29 is 8.81 Å². The van der Waals surface area contributed by atoms with Gasteiger partial charge in [-0.05, 0) is 53.7 Å². The van der Waals surface area contributed by atoms with Gasteiger partial charge >= 0.3 is 0 Å². The molecule has 0 saturated carbocycles. The quantitative estimate of drug-likeness (QED) is 0.826. The molecule has 0 bridgehead atoms. The molecule has 1 heterocycles. The Hall–Kier alpha value is -0.840. The largest absolute Gasteiger partial charge is 0.459 e. The second-order valence-electron chi connectivity index (χ2n) is 4.20. The average molecular weight is 347 g/mol. The van der Waals surface area contributed by atoms with Crippen molar-refractivity contribution in [1.82, 2.24) is 5.32 Å². The molecule has 1 aromatic carbocycles. The molecule has 0 amide bonds. The molecule has 0 aliphatic heterocycles. The number of rotatable bonds is 4. The van der Waals surface area contributed by atoms with Crippen LogP contribution in [0.5, 0.6) is 0 Å². The van der Waals surface area contributed by atoms with Crippen molar-refractivity contribution >= 4 is 27.5 Å². The lowest BCUT2D eigenvalue weighted by molar-refractivity contribution is 0.431. The predicted octanol–water partition coefficient (Wildman–Crippen LogP) is 5.17. The average Bonchev–Trinajstić information content (AvgIpc) is 2.78. The molecule has 19 heavy (non-hydrogen) atoms. The van der Waals surface area contributed by atoms with Crippen molar-refractivity contribution in [3.63, 3.8) is 0 Å². The summed E-state index contributed by atoms with van der Waals surface area (Å²) in [7, 11) is 1.89. The summed E-state index contributed by atoms with van der Waals surface area (Å²) in [6.45, 7) is 2.07. The molecular weight excluding hydrogens is 333 g/mol. The second-order valence-corrected chi connectivity index (χ2v) is 5.46. The van der Waals surface area contributed by atoms with Crippen LogP contribution in [0, 0.1) is 5.82 Å². The fourth-order valence-corrected chi connectivity index (χ4v) is 3.04. The van der Waals surface area contributed by atoms with E-state index >= 15 is 0 Å². The number of furan rings is 1. The Morgan fingerprint density at radius 1 is 1.42 bits per heavy atom. The molecule has 2 aromatic rings. The first-order valence-electron chi connectivity index (χ1n) is 5.98. The summed E-state index contributed by atoms with van der Waals surface area (Å²) < 4.78 is 19.6. The van der Waals surface area contributed by atoms with Crippen molar-refractivity contribution in [3.05, 3.63) is 45.3 Å². The molecule has 2 rings (SSSR count). The summed E-state index contributed by atoms with van der Waals surface area (Å²) in [6, 6.07) is 6.57. The summed E-state index contributed by atoms with van der Waals surface area (Å²) in [6.07, 6.45) is 0.918. The molecule has 1 atom stereocenters. The molecule has 1 aromatic heterocycles. The van der Waals surface area contributed by atoms with Crippen molar-refractivity contribution in [2.45, 2.75) is 19.4 Å². The fraction of sp³-hybridized carbons (Fsp3) is 0.286. The number of benzene rings is 1. The van der Waals surface area contributed by atoms with Crippen molar-refractivity contribution in [1.29, 1.82) is 0 Å². The standard InChI is InChI=1S/C14H14BrClFNO/c1-3-11(18-2)12-4-5-13(19-12)14-9(15)6-8(17)7-10(14)16/h4-7,11,18H,3H2,1-2H3. The Balaban J connectivity index is 2.43. The van der Waals surface area contributed by atoms with E-state index in [1.54, 1.807) is 0 Å². The predicted molar refractivity (Wildman–Crippen MR) is 78.9 cm³/mol. The van der Waals surface area contributed by atoms with Crippen molar-refractivity contribution in [3.8, 4) is 11.3 Å². The van der Waals surface area contributed by atoms with Gasteiger partial charge in [0, 0.05) is 4.47 Å². The van der Waals surface area contributed by atoms with Gasteiger partial charge in [0.15, 0.2) is 0 Å². The van der Waals surface area contributed by atoms with Crippen LogP contribution in [0.15, 0.2) is 33.2 Å². The van der Waals surface area contributed by atoms with E-state index in [9.17, 15) is 4.39 Å². The van der Waals surface area contributed by atoms with Gasteiger partial charge in [-0.3, -0.25) is 0 Å². The Morgan fingerprint density at radius 3 is 2.74 bits per heavy atom. The lowest BCUT2D eigenvalue weighted by Gasteiger charge is -2.10. The van der Waals surface area contributed by atoms with Gasteiger partial charge in [0.1, 0.15) is 17.3 Å². The molecule has 0 spiro atoms. The van der Waals surface area contributed by atoms with E-state index in [2.05, 4.69) is 28.2 Å². The molecule has 0 aliphatic rings. The molecule has 0 fully saturated rings. The Kier molecular flexibility index (Phi) is 4.66. The maximum atomic E-state index is 13.2. The molecule has 0 saturated heterocycles. The highest BCUT2D eigenvalue weighted by molar-refractivity contribution is 9.10. The maximum Gasteiger partial charge on any atom is 0.137 e. The molecule has 5 heteroatoms. The van der Waals surface area contributed by atoms with E-state index < -0.39 is 0 Å². The van der Waals surface area contributed by atoms with E-state index in [1.165, 1.54) is 12.1 Å². The third-order valence-electron chi connectivity index (χ3n) is 2.98. The molecule has 0 aliphatic carbocycles. The van der Waals surface area contributed by atoms with Crippen LogP contribution in [-0.4, -0.2) is 7.05 Å². The van der Waals surface area contributed by atoms with Crippen LogP contribution in [0.3, 0.4) is 0 Å². The molecule has 2 nitrogen and oxygen atoms in total. The van der Waals surface area contributed by atoms with Gasteiger partial charge in [0.05, 0.1) is 16.6 Å². The maximum absolute atomic E-state index is 13.2. The van der Waals surface area contributed by atoms with Crippen LogP contribution in [0.25, 0.3) is 11.3 Å². The minimum absolute atomic E-state index is 0.159. The number of nitrogens with one attached hydrogen (secondary N) is 1. The van der Waals surface area contributed by atoms with Gasteiger partial charge in [-0.2, -0.15) is 0 Å². The molecule has 102 valence electrons. The van der Waals surface area contributed by atoms with Gasteiger partial charge < -0.3 is 9.73 Å². The van der Waals surface area contributed by atoms with Crippen LogP contribution in [0.2, 0.25) is 5.02 Å². The van der Waals surface area contributed by atoms with Crippen LogP contribution in [0.1, 0.15) is 25.1 Å². The van der Waals surface area contributed by atoms with Crippen LogP contribution < -0.4 is 5.32 Å². The number of halogens is 3. The van der Waals surface area contributed by atoms with E-state index in [1.807, 2.05) is 19.2 Å². The monoisotopic (exact) mass is 345 g/mol. The first-order valence-corrected chi connectivity index (χ1v) is 7.15. The van der Waals surface area contributed by atoms with E-state index in [0.717, 1.165) is 12.2 Å². The van der Waals surface area contributed by atoms with E-state index in [0.29, 0.717) is 20.8 Å². The zero-order chi connectivity index (χ0) is 14.0. The summed E-state index contributed by atoms with van der Waals surface area (Å²) in [5, 5.41) is 3.50. The van der Waals surface area contributed by atoms with Crippen molar-refractivity contribution in [2.24, 2.45) is 0 Å². The van der Waals surface area contributed by atoms with Crippen LogP contribution >= 0.6 is 27.5 Å². The van der Waals surface area contributed by atoms with Gasteiger partial charge in [0.25, 0.3) is 0 Å². The van der Waals surface area contributed by atoms with Gasteiger partial charge in [-0.25, -0.2) is 4.39 Å². The smallest absolute Gasteiger partial charge is 0.137 e. The van der Waals surface area contributed by atoms with Crippen LogP contribution in [-0.2, 0) is 0 Å². The molecule has 1 N–H and O–H groups in total. The first-order chi connectivity index (χ1) is 9.06. The highest BCUT2D eigenvalue weighted by Crippen LogP contribution is 2.37. The summed E-state index contributed by atoms with van der Waals surface area (Å²) >= 11 is 9.40. The van der Waals surface area contributed by atoms with E-state index in [4.69, 9.17) is 16.0 Å². The fourth-order valence-electron chi connectivity index (χ4n) is 2.00. The summed E-state index contributed by atoms with van der Waals surface area (Å²) in [4.78, 5) is 0. The van der Waals surface area contributed by atoms with Gasteiger partial charge in [-0.1, -0.05) is 18.5 Å². The summed E-state index contributed by atoms with van der Waals surface area (Å²) in [5.74, 6) is 1.09. The van der Waals surface area contributed by atoms with E-state index in [-0.39, 0.29) is 11.9 Å². The van der Waals surface area contributed by atoms with Gasteiger partial charge in [-0.15, -0.1) is 0 Å². The van der Waals surface area contributed by atoms with Gasteiger partial charge in [0.2, 0.25) is 0 Å². The first kappa shape index (κ1) is 14.6. The number of hydrogen-bond acceptors (Lipinski definition) is 2. The molecule has 1 unspecified atom stereocenters. The minimum atomic E-state index is -0.380. The molecular formula is C14H14BrClFNO. The summed E-state index contributed by atoms with van der Waals surface area (Å²) in [5.41, 5.74) is 0.667. The highest BCUT2D eigenvalue weighted by atomic mass is 79.9. The molecule has 0 radical (unpaired) electrons. The third kappa shape index (κ3) is 3.02. The lowest BCUT2D eigenvalue weighted by Crippen LogP contribution is -2.14. The minimum Gasteiger partial charge on any atom is -0.459 e. The highest BCUT2D eigenvalue weighted by Gasteiger charge is 2.17. The zero-order valence-electron chi connectivity index (χ0n) is 10.6. The SMILES string of the molecule is CCC(NC)c1ccc(-c2c(Cl)cc(F)cc2Br)o1. The zero-order valence-corrected chi connectivity index (χ0v) is 13.0. The Bertz CT molecular complexity index is 558. The van der Waals surface area contributed by atoms with Crippen LogP contribution in [0.4, 0.5) is 4.39 Å². The Morgan fingerprint density at radius 2 is 2.16 bits per heavy atom.